The average Bonchev–Trinajstić information content (AvgIpc) is 2.86. The van der Waals surface area contributed by atoms with Gasteiger partial charge in [-0.05, 0) is 24.1 Å². The molecule has 6 nitrogen and oxygen atoms in total. The van der Waals surface area contributed by atoms with Crippen molar-refractivity contribution in [3.8, 4) is 0 Å². The van der Waals surface area contributed by atoms with Crippen LogP contribution in [0.15, 0.2) is 36.5 Å². The van der Waals surface area contributed by atoms with Crippen molar-refractivity contribution in [3.63, 3.8) is 0 Å². The Labute approximate surface area is 129 Å². The molecule has 7 heteroatoms. The maximum atomic E-state index is 11.9. The van der Waals surface area contributed by atoms with E-state index in [0.29, 0.717) is 13.0 Å². The number of rotatable bonds is 4. The minimum Gasteiger partial charge on any atom is -0.341 e. The lowest BCUT2D eigenvalue weighted by molar-refractivity contribution is -0.127. The number of carbonyl (C=O) groups is 1. The second kappa shape index (κ2) is 5.66. The lowest BCUT2D eigenvalue weighted by Crippen LogP contribution is -2.33. The Morgan fingerprint density at radius 1 is 1.27 bits per heavy atom. The maximum Gasteiger partial charge on any atom is 0.224 e. The summed E-state index contributed by atoms with van der Waals surface area (Å²) in [5.74, 6) is -0.155. The molecule has 2 N–H and O–H groups in total. The molecule has 1 aromatic heterocycles. The molecule has 1 unspecified atom stereocenters. The lowest BCUT2D eigenvalue weighted by Gasteiger charge is -2.16. The van der Waals surface area contributed by atoms with Gasteiger partial charge in [-0.15, -0.1) is 0 Å². The van der Waals surface area contributed by atoms with Crippen LogP contribution >= 0.6 is 0 Å². The highest BCUT2D eigenvalue weighted by molar-refractivity contribution is 7.89. The SMILES string of the molecule is NS(=O)(=O)C1CC(=O)N(CCc2cccc3ncccc23)C1. The van der Waals surface area contributed by atoms with Crippen LogP contribution in [0.4, 0.5) is 0 Å². The maximum absolute atomic E-state index is 11.9. The fourth-order valence-corrected chi connectivity index (χ4v) is 3.58. The standard InChI is InChI=1S/C15H17N3O3S/c16-22(20,21)12-9-15(19)18(10-12)8-6-11-3-1-5-14-13(11)4-2-7-17-14/h1-5,7,12H,6,8-10H2,(H2,16,20,21). The summed E-state index contributed by atoms with van der Waals surface area (Å²) >= 11 is 0. The lowest BCUT2D eigenvalue weighted by atomic mass is 10.1. The zero-order valence-electron chi connectivity index (χ0n) is 12.0. The van der Waals surface area contributed by atoms with E-state index in [1.165, 1.54) is 0 Å². The summed E-state index contributed by atoms with van der Waals surface area (Å²) in [7, 11) is -3.66. The van der Waals surface area contributed by atoms with Gasteiger partial charge < -0.3 is 4.90 Å². The van der Waals surface area contributed by atoms with E-state index < -0.39 is 15.3 Å². The Morgan fingerprint density at radius 2 is 2.09 bits per heavy atom. The highest BCUT2D eigenvalue weighted by atomic mass is 32.2. The summed E-state index contributed by atoms with van der Waals surface area (Å²) in [5.41, 5.74) is 2.01. The Hall–Kier alpha value is -1.99. The number of amides is 1. The molecular formula is C15H17N3O3S. The van der Waals surface area contributed by atoms with E-state index in [1.807, 2.05) is 30.3 Å². The van der Waals surface area contributed by atoms with Crippen LogP contribution in [0, 0.1) is 0 Å². The van der Waals surface area contributed by atoms with Crippen molar-refractivity contribution in [2.75, 3.05) is 13.1 Å². The molecule has 116 valence electrons. The molecule has 0 aliphatic carbocycles. The van der Waals surface area contributed by atoms with Gasteiger partial charge in [0.2, 0.25) is 15.9 Å². The Balaban J connectivity index is 1.74. The van der Waals surface area contributed by atoms with Gasteiger partial charge in [-0.25, -0.2) is 13.6 Å². The number of nitrogens with two attached hydrogens (primary N) is 1. The van der Waals surface area contributed by atoms with E-state index >= 15 is 0 Å². The number of pyridine rings is 1. The van der Waals surface area contributed by atoms with Crippen molar-refractivity contribution < 1.29 is 13.2 Å². The summed E-state index contributed by atoms with van der Waals surface area (Å²) in [6.07, 6.45) is 2.38. The average molecular weight is 319 g/mol. The van der Waals surface area contributed by atoms with Crippen LogP contribution in [0.2, 0.25) is 0 Å². The fourth-order valence-electron chi connectivity index (χ4n) is 2.81. The van der Waals surface area contributed by atoms with Crippen LogP contribution in [-0.2, 0) is 21.2 Å². The predicted octanol–water partition coefficient (Wildman–Crippen LogP) is 0.667. The smallest absolute Gasteiger partial charge is 0.224 e. The summed E-state index contributed by atoms with van der Waals surface area (Å²) in [6, 6.07) is 9.75. The molecule has 1 fully saturated rings. The number of carbonyl (C=O) groups excluding carboxylic acids is 1. The molecule has 1 amide bonds. The van der Waals surface area contributed by atoms with E-state index in [2.05, 4.69) is 4.98 Å². The molecule has 2 aromatic rings. The van der Waals surface area contributed by atoms with E-state index in [9.17, 15) is 13.2 Å². The first kappa shape index (κ1) is 14.9. The first-order chi connectivity index (χ1) is 10.4. The quantitative estimate of drug-likeness (QED) is 0.896. The van der Waals surface area contributed by atoms with Crippen molar-refractivity contribution >= 4 is 26.8 Å². The van der Waals surface area contributed by atoms with Gasteiger partial charge in [-0.3, -0.25) is 9.78 Å². The zero-order chi connectivity index (χ0) is 15.7. The van der Waals surface area contributed by atoms with Crippen molar-refractivity contribution in [1.29, 1.82) is 0 Å². The van der Waals surface area contributed by atoms with Gasteiger partial charge in [0, 0.05) is 31.1 Å². The molecule has 3 rings (SSSR count). The number of nitrogens with zero attached hydrogens (tertiary/aromatic N) is 2. The van der Waals surface area contributed by atoms with Crippen LogP contribution < -0.4 is 5.14 Å². The predicted molar refractivity (Wildman–Crippen MR) is 83.5 cm³/mol. The Bertz CT molecular complexity index is 814. The van der Waals surface area contributed by atoms with Crippen LogP contribution in [0.3, 0.4) is 0 Å². The Kier molecular flexibility index (Phi) is 3.84. The monoisotopic (exact) mass is 319 g/mol. The second-order valence-corrected chi connectivity index (χ2v) is 7.34. The molecule has 2 heterocycles. The highest BCUT2D eigenvalue weighted by Crippen LogP contribution is 2.20. The number of hydrogen-bond acceptors (Lipinski definition) is 4. The van der Waals surface area contributed by atoms with Gasteiger partial charge in [0.15, 0.2) is 0 Å². The number of benzene rings is 1. The third kappa shape index (κ3) is 2.95. The number of fused-ring (bicyclic) bond motifs is 1. The van der Waals surface area contributed by atoms with Gasteiger partial charge >= 0.3 is 0 Å². The first-order valence-corrected chi connectivity index (χ1v) is 8.68. The minimum atomic E-state index is -3.66. The molecule has 0 bridgehead atoms. The highest BCUT2D eigenvalue weighted by Gasteiger charge is 2.36. The van der Waals surface area contributed by atoms with Crippen molar-refractivity contribution in [2.24, 2.45) is 5.14 Å². The first-order valence-electron chi connectivity index (χ1n) is 7.07. The minimum absolute atomic E-state index is 0.0179. The van der Waals surface area contributed by atoms with Crippen molar-refractivity contribution in [3.05, 3.63) is 42.1 Å². The largest absolute Gasteiger partial charge is 0.341 e. The van der Waals surface area contributed by atoms with Crippen LogP contribution in [0.5, 0.6) is 0 Å². The van der Waals surface area contributed by atoms with Crippen LogP contribution in [0.25, 0.3) is 10.9 Å². The number of aromatic nitrogens is 1. The molecule has 0 radical (unpaired) electrons. The summed E-state index contributed by atoms with van der Waals surface area (Å²) < 4.78 is 22.7. The molecule has 0 saturated carbocycles. The van der Waals surface area contributed by atoms with Crippen molar-refractivity contribution in [1.82, 2.24) is 9.88 Å². The second-order valence-electron chi connectivity index (χ2n) is 5.49. The molecule has 1 aromatic carbocycles. The van der Waals surface area contributed by atoms with Gasteiger partial charge in [0.1, 0.15) is 5.25 Å². The fraction of sp³-hybridized carbons (Fsp3) is 0.333. The zero-order valence-corrected chi connectivity index (χ0v) is 12.8. The topological polar surface area (TPSA) is 93.4 Å². The number of primary sulfonamides is 1. The summed E-state index contributed by atoms with van der Waals surface area (Å²) in [5, 5.41) is 5.40. The van der Waals surface area contributed by atoms with E-state index in [4.69, 9.17) is 5.14 Å². The molecule has 1 saturated heterocycles. The molecule has 1 aliphatic heterocycles. The van der Waals surface area contributed by atoms with Crippen LogP contribution in [0.1, 0.15) is 12.0 Å². The molecule has 1 atom stereocenters. The molecule has 0 spiro atoms. The third-order valence-corrected chi connectivity index (χ3v) is 5.28. The normalized spacial score (nSPS) is 19.0. The van der Waals surface area contributed by atoms with Gasteiger partial charge in [0.05, 0.1) is 5.52 Å². The van der Waals surface area contributed by atoms with E-state index in [0.717, 1.165) is 16.5 Å². The molecular weight excluding hydrogens is 302 g/mol. The Morgan fingerprint density at radius 3 is 2.82 bits per heavy atom. The molecule has 22 heavy (non-hydrogen) atoms. The van der Waals surface area contributed by atoms with Gasteiger partial charge in [0.25, 0.3) is 0 Å². The van der Waals surface area contributed by atoms with E-state index in [-0.39, 0.29) is 18.9 Å². The van der Waals surface area contributed by atoms with Gasteiger partial charge in [-0.2, -0.15) is 0 Å². The number of likely N-dealkylation sites (tertiary alicyclic amines) is 1. The summed E-state index contributed by atoms with van der Waals surface area (Å²) in [4.78, 5) is 17.8. The molecule has 1 aliphatic rings. The number of sulfonamides is 1. The number of hydrogen-bond donors (Lipinski definition) is 1. The third-order valence-electron chi connectivity index (χ3n) is 4.03. The van der Waals surface area contributed by atoms with Crippen LogP contribution in [-0.4, -0.2) is 42.5 Å². The van der Waals surface area contributed by atoms with Crippen molar-refractivity contribution in [2.45, 2.75) is 18.1 Å². The summed E-state index contributed by atoms with van der Waals surface area (Å²) in [6.45, 7) is 0.666. The van der Waals surface area contributed by atoms with E-state index in [1.54, 1.807) is 11.1 Å². The van der Waals surface area contributed by atoms with Gasteiger partial charge in [-0.1, -0.05) is 18.2 Å².